The molecule has 0 saturated carbocycles. The number of aromatic nitrogens is 1. The second-order valence-electron chi connectivity index (χ2n) is 3.52. The molecule has 0 bridgehead atoms. The van der Waals surface area contributed by atoms with E-state index in [-0.39, 0.29) is 6.42 Å². The van der Waals surface area contributed by atoms with Crippen LogP contribution in [-0.4, -0.2) is 11.2 Å². The summed E-state index contributed by atoms with van der Waals surface area (Å²) in [5, 5.41) is 0. The summed E-state index contributed by atoms with van der Waals surface area (Å²) < 4.78 is 35.8. The van der Waals surface area contributed by atoms with Crippen LogP contribution in [0.3, 0.4) is 0 Å². The minimum absolute atomic E-state index is 0.125. The normalized spacial score (nSPS) is 13.9. The van der Waals surface area contributed by atoms with Crippen molar-refractivity contribution in [1.82, 2.24) is 4.98 Å². The molecule has 0 aromatic carbocycles. The maximum atomic E-state index is 11.9. The molecular formula is C10H13F3N2. The van der Waals surface area contributed by atoms with E-state index in [1.165, 1.54) is 0 Å². The Balaban J connectivity index is 2.58. The van der Waals surface area contributed by atoms with Gasteiger partial charge in [-0.05, 0) is 31.0 Å². The highest BCUT2D eigenvalue weighted by molar-refractivity contribution is 5.16. The third kappa shape index (κ3) is 4.29. The van der Waals surface area contributed by atoms with E-state index in [2.05, 4.69) is 4.98 Å². The van der Waals surface area contributed by atoms with E-state index in [1.807, 2.05) is 6.92 Å². The fraction of sp³-hybridized carbons (Fsp3) is 0.500. The quantitative estimate of drug-likeness (QED) is 0.847. The van der Waals surface area contributed by atoms with Gasteiger partial charge in [0, 0.05) is 18.7 Å². The van der Waals surface area contributed by atoms with Crippen molar-refractivity contribution >= 4 is 0 Å². The number of pyridine rings is 1. The summed E-state index contributed by atoms with van der Waals surface area (Å²) >= 11 is 0. The van der Waals surface area contributed by atoms with Crippen molar-refractivity contribution in [2.75, 3.05) is 0 Å². The van der Waals surface area contributed by atoms with E-state index in [0.29, 0.717) is 5.69 Å². The molecule has 5 heteroatoms. The summed E-state index contributed by atoms with van der Waals surface area (Å²) in [5.41, 5.74) is 7.07. The third-order valence-corrected chi connectivity index (χ3v) is 2.06. The van der Waals surface area contributed by atoms with Gasteiger partial charge in [-0.1, -0.05) is 0 Å². The molecule has 2 nitrogen and oxygen atoms in total. The van der Waals surface area contributed by atoms with Gasteiger partial charge in [-0.3, -0.25) is 4.98 Å². The van der Waals surface area contributed by atoms with Gasteiger partial charge in [0.15, 0.2) is 0 Å². The Kier molecular flexibility index (Phi) is 3.68. The van der Waals surface area contributed by atoms with Crippen LogP contribution in [0.15, 0.2) is 18.3 Å². The van der Waals surface area contributed by atoms with Crippen LogP contribution in [0, 0.1) is 6.92 Å². The Morgan fingerprint density at radius 1 is 1.47 bits per heavy atom. The van der Waals surface area contributed by atoms with Crippen LogP contribution in [0.1, 0.15) is 30.1 Å². The van der Waals surface area contributed by atoms with Crippen LogP contribution in [0.4, 0.5) is 13.2 Å². The van der Waals surface area contributed by atoms with Crippen LogP contribution < -0.4 is 5.73 Å². The fourth-order valence-corrected chi connectivity index (χ4v) is 1.23. The molecule has 0 radical (unpaired) electrons. The molecule has 0 spiro atoms. The smallest absolute Gasteiger partial charge is 0.323 e. The SMILES string of the molecule is Cc1ccnc(C(N)CCC(F)(F)F)c1. The van der Waals surface area contributed by atoms with Crippen molar-refractivity contribution in [2.24, 2.45) is 5.73 Å². The number of halogens is 3. The van der Waals surface area contributed by atoms with E-state index >= 15 is 0 Å². The molecule has 15 heavy (non-hydrogen) atoms. The standard InChI is InChI=1S/C10H13F3N2/c1-7-3-5-15-9(6-7)8(14)2-4-10(11,12)13/h3,5-6,8H,2,4,14H2,1H3. The van der Waals surface area contributed by atoms with Crippen molar-refractivity contribution in [3.8, 4) is 0 Å². The number of nitrogens with zero attached hydrogens (tertiary/aromatic N) is 1. The van der Waals surface area contributed by atoms with Gasteiger partial charge in [-0.25, -0.2) is 0 Å². The molecule has 0 amide bonds. The number of aryl methyl sites for hydroxylation is 1. The van der Waals surface area contributed by atoms with Gasteiger partial charge >= 0.3 is 6.18 Å². The van der Waals surface area contributed by atoms with Crippen molar-refractivity contribution in [2.45, 2.75) is 32.0 Å². The molecule has 1 aromatic rings. The highest BCUT2D eigenvalue weighted by atomic mass is 19.4. The molecule has 1 aromatic heterocycles. The minimum atomic E-state index is -4.15. The maximum absolute atomic E-state index is 11.9. The second-order valence-corrected chi connectivity index (χ2v) is 3.52. The van der Waals surface area contributed by atoms with Crippen molar-refractivity contribution in [3.05, 3.63) is 29.6 Å². The van der Waals surface area contributed by atoms with Gasteiger partial charge in [-0.15, -0.1) is 0 Å². The largest absolute Gasteiger partial charge is 0.389 e. The van der Waals surface area contributed by atoms with Crippen LogP contribution in [0.5, 0.6) is 0 Å². The lowest BCUT2D eigenvalue weighted by molar-refractivity contribution is -0.136. The molecule has 0 aliphatic rings. The number of rotatable bonds is 3. The summed E-state index contributed by atoms with van der Waals surface area (Å²) in [6.45, 7) is 1.85. The molecule has 1 rings (SSSR count). The fourth-order valence-electron chi connectivity index (χ4n) is 1.23. The molecule has 0 aliphatic heterocycles. The van der Waals surface area contributed by atoms with Gasteiger partial charge in [0.1, 0.15) is 0 Å². The zero-order chi connectivity index (χ0) is 11.5. The van der Waals surface area contributed by atoms with Crippen LogP contribution in [0.25, 0.3) is 0 Å². The van der Waals surface area contributed by atoms with Gasteiger partial charge in [-0.2, -0.15) is 13.2 Å². The van der Waals surface area contributed by atoms with Crippen LogP contribution in [0.2, 0.25) is 0 Å². The molecule has 1 heterocycles. The Morgan fingerprint density at radius 2 is 2.13 bits per heavy atom. The first-order valence-corrected chi connectivity index (χ1v) is 4.63. The number of alkyl halides is 3. The van der Waals surface area contributed by atoms with E-state index in [1.54, 1.807) is 18.3 Å². The lowest BCUT2D eigenvalue weighted by Crippen LogP contribution is -2.16. The van der Waals surface area contributed by atoms with E-state index in [0.717, 1.165) is 5.56 Å². The first kappa shape index (κ1) is 12.0. The summed E-state index contributed by atoms with van der Waals surface area (Å²) in [6, 6.07) is 2.84. The van der Waals surface area contributed by atoms with Gasteiger partial charge < -0.3 is 5.73 Å². The van der Waals surface area contributed by atoms with Crippen molar-refractivity contribution < 1.29 is 13.2 Å². The maximum Gasteiger partial charge on any atom is 0.389 e. The predicted molar refractivity (Wildman–Crippen MR) is 51.2 cm³/mol. The topological polar surface area (TPSA) is 38.9 Å². The minimum Gasteiger partial charge on any atom is -0.323 e. The molecule has 2 N–H and O–H groups in total. The lowest BCUT2D eigenvalue weighted by atomic mass is 10.1. The Hall–Kier alpha value is -1.10. The van der Waals surface area contributed by atoms with Gasteiger partial charge in [0.2, 0.25) is 0 Å². The highest BCUT2D eigenvalue weighted by Crippen LogP contribution is 2.25. The van der Waals surface area contributed by atoms with E-state index < -0.39 is 18.6 Å². The second kappa shape index (κ2) is 4.61. The number of hydrogen-bond donors (Lipinski definition) is 1. The third-order valence-electron chi connectivity index (χ3n) is 2.06. The summed E-state index contributed by atoms with van der Waals surface area (Å²) in [7, 11) is 0. The van der Waals surface area contributed by atoms with Crippen LogP contribution in [-0.2, 0) is 0 Å². The lowest BCUT2D eigenvalue weighted by Gasteiger charge is -2.12. The van der Waals surface area contributed by atoms with E-state index in [9.17, 15) is 13.2 Å². The first-order valence-electron chi connectivity index (χ1n) is 4.63. The average Bonchev–Trinajstić information content (AvgIpc) is 2.13. The molecule has 84 valence electrons. The molecular weight excluding hydrogens is 205 g/mol. The van der Waals surface area contributed by atoms with Gasteiger partial charge in [0.05, 0.1) is 5.69 Å². The van der Waals surface area contributed by atoms with Crippen molar-refractivity contribution in [3.63, 3.8) is 0 Å². The predicted octanol–water partition coefficient (Wildman–Crippen LogP) is 2.73. The number of nitrogens with two attached hydrogens (primary N) is 1. The average molecular weight is 218 g/mol. The zero-order valence-electron chi connectivity index (χ0n) is 8.38. The molecule has 0 saturated heterocycles. The van der Waals surface area contributed by atoms with Crippen LogP contribution >= 0.6 is 0 Å². The molecule has 0 aliphatic carbocycles. The monoisotopic (exact) mass is 218 g/mol. The summed E-state index contributed by atoms with van der Waals surface area (Å²) in [6.07, 6.45) is -3.59. The zero-order valence-corrected chi connectivity index (χ0v) is 8.38. The first-order chi connectivity index (χ1) is 6.88. The molecule has 1 atom stereocenters. The summed E-state index contributed by atoms with van der Waals surface area (Å²) in [5.74, 6) is 0. The molecule has 0 fully saturated rings. The summed E-state index contributed by atoms with van der Waals surface area (Å²) in [4.78, 5) is 3.95. The van der Waals surface area contributed by atoms with Gasteiger partial charge in [0.25, 0.3) is 0 Å². The Morgan fingerprint density at radius 3 is 2.67 bits per heavy atom. The number of hydrogen-bond acceptors (Lipinski definition) is 2. The highest BCUT2D eigenvalue weighted by Gasteiger charge is 2.28. The Bertz CT molecular complexity index is 323. The Labute approximate surface area is 86.3 Å². The van der Waals surface area contributed by atoms with E-state index in [4.69, 9.17) is 5.73 Å². The van der Waals surface area contributed by atoms with Crippen molar-refractivity contribution in [1.29, 1.82) is 0 Å². The molecule has 1 unspecified atom stereocenters.